The Kier molecular flexibility index (Phi) is 6.08. The lowest BCUT2D eigenvalue weighted by molar-refractivity contribution is -0.119. The summed E-state index contributed by atoms with van der Waals surface area (Å²) < 4.78 is 1.67. The second-order valence-corrected chi connectivity index (χ2v) is 10.3. The molecule has 2 aromatic carbocycles. The van der Waals surface area contributed by atoms with Crippen molar-refractivity contribution < 1.29 is 14.4 Å². The van der Waals surface area contributed by atoms with E-state index in [0.717, 1.165) is 40.8 Å². The third kappa shape index (κ3) is 4.61. The number of nitrogens with one attached hydrogen (secondary N) is 1. The van der Waals surface area contributed by atoms with Crippen molar-refractivity contribution in [1.82, 2.24) is 5.32 Å². The van der Waals surface area contributed by atoms with Gasteiger partial charge in [-0.05, 0) is 60.7 Å². The monoisotopic (exact) mass is 481 g/mol. The molecule has 2 aliphatic rings. The second kappa shape index (κ2) is 9.15. The first-order valence-electron chi connectivity index (χ1n) is 11.2. The Balaban J connectivity index is 1.19. The first-order chi connectivity index (χ1) is 16.0. The number of rotatable bonds is 5. The zero-order valence-electron chi connectivity index (χ0n) is 18.1. The Hall–Kier alpha value is -2.90. The predicted octanol–water partition coefficient (Wildman–Crippen LogP) is 4.85. The van der Waals surface area contributed by atoms with Crippen molar-refractivity contribution in [2.24, 2.45) is 5.92 Å². The highest BCUT2D eigenvalue weighted by molar-refractivity contribution is 7.22. The van der Waals surface area contributed by atoms with Crippen LogP contribution in [0.5, 0.6) is 0 Å². The average Bonchev–Trinajstić information content (AvgIpc) is 3.38. The Morgan fingerprint density at radius 1 is 1.00 bits per heavy atom. The highest BCUT2D eigenvalue weighted by Crippen LogP contribution is 2.31. The number of carbonyl (C=O) groups is 3. The first kappa shape index (κ1) is 21.9. The zero-order chi connectivity index (χ0) is 22.9. The summed E-state index contributed by atoms with van der Waals surface area (Å²) in [7, 11) is 0. The molecule has 0 aliphatic carbocycles. The van der Waals surface area contributed by atoms with E-state index in [9.17, 15) is 14.4 Å². The largest absolute Gasteiger partial charge is 0.352 e. The minimum Gasteiger partial charge on any atom is -0.352 e. The summed E-state index contributed by atoms with van der Waals surface area (Å²) in [5.41, 5.74) is 2.29. The minimum atomic E-state index is -0.150. The molecular weight excluding hydrogens is 458 g/mol. The minimum absolute atomic E-state index is 0.0460. The maximum atomic E-state index is 12.6. The van der Waals surface area contributed by atoms with Gasteiger partial charge in [-0.1, -0.05) is 17.7 Å². The molecule has 33 heavy (non-hydrogen) atoms. The molecule has 0 saturated carbocycles. The van der Waals surface area contributed by atoms with E-state index in [-0.39, 0.29) is 23.6 Å². The van der Waals surface area contributed by atoms with Crippen molar-refractivity contribution in [3.8, 4) is 0 Å². The van der Waals surface area contributed by atoms with E-state index >= 15 is 0 Å². The smallest absolute Gasteiger partial charge is 0.251 e. The SMILES string of the molecule is O=C(NCC1CC(=O)N(c2ccc(N3CCCCC3=O)cc2)C1)c1ccc2cc(Cl)sc2c1. The average molecular weight is 482 g/mol. The van der Waals surface area contributed by atoms with E-state index in [4.69, 9.17) is 11.6 Å². The molecule has 170 valence electrons. The zero-order valence-corrected chi connectivity index (χ0v) is 19.6. The molecule has 6 nitrogen and oxygen atoms in total. The van der Waals surface area contributed by atoms with Gasteiger partial charge in [-0.25, -0.2) is 0 Å². The van der Waals surface area contributed by atoms with Gasteiger partial charge in [0, 0.05) is 60.0 Å². The van der Waals surface area contributed by atoms with Gasteiger partial charge >= 0.3 is 0 Å². The maximum Gasteiger partial charge on any atom is 0.251 e. The first-order valence-corrected chi connectivity index (χ1v) is 12.4. The summed E-state index contributed by atoms with van der Waals surface area (Å²) in [6.45, 7) is 1.74. The molecular formula is C25H24ClN3O3S. The quantitative estimate of drug-likeness (QED) is 0.566. The van der Waals surface area contributed by atoms with Gasteiger partial charge in [0.05, 0.1) is 4.34 Å². The van der Waals surface area contributed by atoms with Crippen molar-refractivity contribution in [2.45, 2.75) is 25.7 Å². The van der Waals surface area contributed by atoms with Gasteiger partial charge < -0.3 is 15.1 Å². The van der Waals surface area contributed by atoms with Gasteiger partial charge in [0.25, 0.3) is 5.91 Å². The number of nitrogens with zero attached hydrogens (tertiary/aromatic N) is 2. The van der Waals surface area contributed by atoms with Crippen LogP contribution in [0, 0.1) is 5.92 Å². The lowest BCUT2D eigenvalue weighted by Crippen LogP contribution is -2.35. The van der Waals surface area contributed by atoms with Crippen LogP contribution in [0.4, 0.5) is 11.4 Å². The van der Waals surface area contributed by atoms with Crippen LogP contribution in [0.25, 0.3) is 10.1 Å². The molecule has 1 atom stereocenters. The van der Waals surface area contributed by atoms with Crippen LogP contribution in [-0.4, -0.2) is 37.4 Å². The molecule has 2 saturated heterocycles. The van der Waals surface area contributed by atoms with Gasteiger partial charge in [-0.3, -0.25) is 14.4 Å². The molecule has 2 aliphatic heterocycles. The summed E-state index contributed by atoms with van der Waals surface area (Å²) in [6.07, 6.45) is 2.95. The van der Waals surface area contributed by atoms with Crippen LogP contribution in [-0.2, 0) is 9.59 Å². The Bertz CT molecular complexity index is 1220. The van der Waals surface area contributed by atoms with E-state index in [1.54, 1.807) is 11.0 Å². The number of hydrogen-bond donors (Lipinski definition) is 1. The normalized spacial score (nSPS) is 18.9. The molecule has 1 N–H and O–H groups in total. The molecule has 3 aromatic rings. The summed E-state index contributed by atoms with van der Waals surface area (Å²) in [4.78, 5) is 41.0. The van der Waals surface area contributed by atoms with Crippen LogP contribution >= 0.6 is 22.9 Å². The number of halogens is 1. The molecule has 3 heterocycles. The molecule has 5 rings (SSSR count). The van der Waals surface area contributed by atoms with Crippen molar-refractivity contribution >= 4 is 62.1 Å². The Labute approximate surface area is 201 Å². The van der Waals surface area contributed by atoms with Gasteiger partial charge in [0.15, 0.2) is 0 Å². The van der Waals surface area contributed by atoms with Crippen molar-refractivity contribution in [3.05, 3.63) is 58.4 Å². The number of anilines is 2. The maximum absolute atomic E-state index is 12.6. The number of fused-ring (bicyclic) bond motifs is 1. The molecule has 1 unspecified atom stereocenters. The van der Waals surface area contributed by atoms with Crippen molar-refractivity contribution in [2.75, 3.05) is 29.4 Å². The number of benzene rings is 2. The van der Waals surface area contributed by atoms with E-state index < -0.39 is 0 Å². The van der Waals surface area contributed by atoms with Crippen molar-refractivity contribution in [1.29, 1.82) is 0 Å². The Morgan fingerprint density at radius 3 is 2.52 bits per heavy atom. The van der Waals surface area contributed by atoms with Crippen LogP contribution in [0.15, 0.2) is 48.5 Å². The van der Waals surface area contributed by atoms with Crippen LogP contribution < -0.4 is 15.1 Å². The lowest BCUT2D eigenvalue weighted by atomic mass is 10.1. The summed E-state index contributed by atoms with van der Waals surface area (Å²) >= 11 is 7.51. The highest BCUT2D eigenvalue weighted by atomic mass is 35.5. The number of amides is 3. The lowest BCUT2D eigenvalue weighted by Gasteiger charge is -2.27. The molecule has 0 spiro atoms. The van der Waals surface area contributed by atoms with Gasteiger partial charge in [-0.2, -0.15) is 0 Å². The number of hydrogen-bond acceptors (Lipinski definition) is 4. The number of thiophene rings is 1. The molecule has 1 aromatic heterocycles. The highest BCUT2D eigenvalue weighted by Gasteiger charge is 2.31. The van der Waals surface area contributed by atoms with Crippen molar-refractivity contribution in [3.63, 3.8) is 0 Å². The fraction of sp³-hybridized carbons (Fsp3) is 0.320. The summed E-state index contributed by atoms with van der Waals surface area (Å²) in [5, 5.41) is 3.99. The molecule has 0 bridgehead atoms. The third-order valence-corrected chi connectivity index (χ3v) is 7.53. The topological polar surface area (TPSA) is 69.7 Å². The van der Waals surface area contributed by atoms with Gasteiger partial charge in [-0.15, -0.1) is 11.3 Å². The third-order valence-electron chi connectivity index (χ3n) is 6.31. The number of piperidine rings is 1. The van der Waals surface area contributed by atoms with E-state index in [0.29, 0.717) is 35.8 Å². The number of carbonyl (C=O) groups excluding carboxylic acids is 3. The van der Waals surface area contributed by atoms with Gasteiger partial charge in [0.1, 0.15) is 0 Å². The predicted molar refractivity (Wildman–Crippen MR) is 132 cm³/mol. The van der Waals surface area contributed by atoms with Crippen LogP contribution in [0.1, 0.15) is 36.0 Å². The molecule has 0 radical (unpaired) electrons. The van der Waals surface area contributed by atoms with E-state index in [1.165, 1.54) is 11.3 Å². The molecule has 2 fully saturated rings. The van der Waals surface area contributed by atoms with Gasteiger partial charge in [0.2, 0.25) is 11.8 Å². The van der Waals surface area contributed by atoms with Crippen LogP contribution in [0.2, 0.25) is 4.34 Å². The molecule has 3 amide bonds. The van der Waals surface area contributed by atoms with E-state index in [1.807, 2.05) is 47.4 Å². The second-order valence-electron chi connectivity index (χ2n) is 8.61. The van der Waals surface area contributed by atoms with Crippen LogP contribution in [0.3, 0.4) is 0 Å². The molecule has 8 heteroatoms. The standard InChI is InChI=1S/C25H24ClN3O3S/c26-22-13-17-4-5-18(12-21(17)33-22)25(32)27-14-16-11-24(31)29(15-16)20-8-6-19(7-9-20)28-10-2-1-3-23(28)30/h4-9,12-13,16H,1-3,10-11,14-15H2,(H,27,32). The van der Waals surface area contributed by atoms with E-state index in [2.05, 4.69) is 5.32 Å². The fourth-order valence-corrected chi connectivity index (χ4v) is 5.73. The fourth-order valence-electron chi connectivity index (χ4n) is 4.54. The Morgan fingerprint density at radius 2 is 1.76 bits per heavy atom. The summed E-state index contributed by atoms with van der Waals surface area (Å²) in [5.74, 6) is 0.0988. The summed E-state index contributed by atoms with van der Waals surface area (Å²) in [6, 6.07) is 15.0.